The van der Waals surface area contributed by atoms with E-state index in [1.807, 2.05) is 0 Å². The second-order valence-electron chi connectivity index (χ2n) is 5.22. The molecule has 126 valence electrons. The molecule has 0 spiro atoms. The van der Waals surface area contributed by atoms with E-state index in [-0.39, 0.29) is 12.5 Å². The zero-order chi connectivity index (χ0) is 17.7. The predicted molar refractivity (Wildman–Crippen MR) is 92.2 cm³/mol. The summed E-state index contributed by atoms with van der Waals surface area (Å²) in [7, 11) is 0. The van der Waals surface area contributed by atoms with Crippen molar-refractivity contribution in [1.29, 1.82) is 0 Å². The van der Waals surface area contributed by atoms with E-state index in [1.54, 1.807) is 55.8 Å². The number of hydrogen-bond acceptors (Lipinski definition) is 4. The van der Waals surface area contributed by atoms with E-state index in [0.717, 1.165) is 0 Å². The molecule has 2 rings (SSSR count). The first-order valence-corrected chi connectivity index (χ1v) is 7.71. The number of amides is 1. The highest BCUT2D eigenvalue weighted by molar-refractivity contribution is 6.08. The smallest absolute Gasteiger partial charge is 0.355 e. The van der Waals surface area contributed by atoms with Crippen molar-refractivity contribution >= 4 is 17.7 Å². The fourth-order valence-corrected chi connectivity index (χ4v) is 2.67. The summed E-state index contributed by atoms with van der Waals surface area (Å²) in [6.45, 7) is 9.68. The Balaban J connectivity index is 2.46. The number of anilines is 1. The van der Waals surface area contributed by atoms with Crippen molar-refractivity contribution in [2.45, 2.75) is 27.3 Å². The van der Waals surface area contributed by atoms with Crippen LogP contribution in [0.2, 0.25) is 0 Å². The molecular weight excluding hydrogens is 306 g/mol. The number of nitrogens with zero attached hydrogens (tertiary/aromatic N) is 2. The number of aromatic nitrogens is 2. The summed E-state index contributed by atoms with van der Waals surface area (Å²) in [4.78, 5) is 29.0. The van der Waals surface area contributed by atoms with Crippen LogP contribution in [0.3, 0.4) is 0 Å². The number of allylic oxidation sites excluding steroid dienone is 1. The van der Waals surface area contributed by atoms with Gasteiger partial charge in [0.05, 0.1) is 12.2 Å². The summed E-state index contributed by atoms with van der Waals surface area (Å²) in [5, 5.41) is 2.75. The lowest BCUT2D eigenvalue weighted by Gasteiger charge is -2.09. The van der Waals surface area contributed by atoms with Crippen LogP contribution < -0.4 is 5.32 Å². The highest BCUT2D eigenvalue weighted by Gasteiger charge is 2.26. The second-order valence-corrected chi connectivity index (χ2v) is 5.22. The Labute approximate surface area is 141 Å². The molecule has 1 amide bonds. The van der Waals surface area contributed by atoms with Gasteiger partial charge in [-0.3, -0.25) is 4.79 Å². The first-order valence-electron chi connectivity index (χ1n) is 7.71. The summed E-state index contributed by atoms with van der Waals surface area (Å²) >= 11 is 0. The summed E-state index contributed by atoms with van der Waals surface area (Å²) in [6, 6.07) is 5.26. The SMILES string of the molecule is C=CCn1c(C)c(C(=O)Nc2ccccn2)c(C)c1C(=O)OCC. The van der Waals surface area contributed by atoms with Gasteiger partial charge < -0.3 is 14.6 Å². The van der Waals surface area contributed by atoms with Crippen LogP contribution in [0.25, 0.3) is 0 Å². The molecule has 2 aromatic rings. The molecule has 0 saturated carbocycles. The van der Waals surface area contributed by atoms with Gasteiger partial charge in [0, 0.05) is 18.4 Å². The maximum Gasteiger partial charge on any atom is 0.355 e. The molecule has 24 heavy (non-hydrogen) atoms. The van der Waals surface area contributed by atoms with Crippen molar-refractivity contribution in [2.75, 3.05) is 11.9 Å². The maximum atomic E-state index is 12.7. The lowest BCUT2D eigenvalue weighted by atomic mass is 10.1. The van der Waals surface area contributed by atoms with Gasteiger partial charge in [-0.15, -0.1) is 6.58 Å². The number of carbonyl (C=O) groups is 2. The molecule has 0 radical (unpaired) electrons. The summed E-state index contributed by atoms with van der Waals surface area (Å²) in [5.74, 6) is -0.302. The van der Waals surface area contributed by atoms with Crippen molar-refractivity contribution in [2.24, 2.45) is 0 Å². The quantitative estimate of drug-likeness (QED) is 0.653. The third-order valence-electron chi connectivity index (χ3n) is 3.68. The predicted octanol–water partition coefficient (Wildman–Crippen LogP) is 3.11. The molecule has 2 aromatic heterocycles. The molecule has 0 aliphatic heterocycles. The second kappa shape index (κ2) is 7.59. The van der Waals surface area contributed by atoms with Gasteiger partial charge in [0.1, 0.15) is 11.5 Å². The maximum absolute atomic E-state index is 12.7. The number of carbonyl (C=O) groups excluding carboxylic acids is 2. The standard InChI is InChI=1S/C18H21N3O3/c1-5-11-21-13(4)15(12(3)16(21)18(23)24-6-2)17(22)20-14-9-7-8-10-19-14/h5,7-10H,1,6,11H2,2-4H3,(H,19,20,22). The van der Waals surface area contributed by atoms with E-state index in [2.05, 4.69) is 16.9 Å². The number of ether oxygens (including phenoxy) is 1. The van der Waals surface area contributed by atoms with Gasteiger partial charge >= 0.3 is 5.97 Å². The minimum Gasteiger partial charge on any atom is -0.461 e. The third-order valence-corrected chi connectivity index (χ3v) is 3.68. The fraction of sp³-hybridized carbons (Fsp3) is 0.278. The Bertz CT molecular complexity index is 764. The normalized spacial score (nSPS) is 10.3. The van der Waals surface area contributed by atoms with Crippen molar-refractivity contribution in [3.8, 4) is 0 Å². The van der Waals surface area contributed by atoms with Gasteiger partial charge in [-0.05, 0) is 38.5 Å². The number of hydrogen-bond donors (Lipinski definition) is 1. The van der Waals surface area contributed by atoms with Gasteiger partial charge in [-0.1, -0.05) is 12.1 Å². The van der Waals surface area contributed by atoms with Crippen LogP contribution in [0.1, 0.15) is 39.0 Å². The Morgan fingerprint density at radius 1 is 1.38 bits per heavy atom. The zero-order valence-electron chi connectivity index (χ0n) is 14.1. The number of nitrogens with one attached hydrogen (secondary N) is 1. The van der Waals surface area contributed by atoms with Gasteiger partial charge in [0.2, 0.25) is 0 Å². The Morgan fingerprint density at radius 3 is 2.71 bits per heavy atom. The Kier molecular flexibility index (Phi) is 5.52. The van der Waals surface area contributed by atoms with E-state index in [9.17, 15) is 9.59 Å². The molecule has 6 nitrogen and oxygen atoms in total. The first kappa shape index (κ1) is 17.5. The molecule has 6 heteroatoms. The van der Waals surface area contributed by atoms with Gasteiger partial charge in [0.15, 0.2) is 0 Å². The average molecular weight is 327 g/mol. The molecule has 0 atom stereocenters. The van der Waals surface area contributed by atoms with Crippen LogP contribution >= 0.6 is 0 Å². The van der Waals surface area contributed by atoms with Crippen LogP contribution in [0.15, 0.2) is 37.1 Å². The van der Waals surface area contributed by atoms with Crippen molar-refractivity contribution < 1.29 is 14.3 Å². The van der Waals surface area contributed by atoms with E-state index in [4.69, 9.17) is 4.74 Å². The highest BCUT2D eigenvalue weighted by atomic mass is 16.5. The minimum atomic E-state index is -0.447. The lowest BCUT2D eigenvalue weighted by molar-refractivity contribution is 0.0513. The van der Waals surface area contributed by atoms with Crippen LogP contribution in [-0.2, 0) is 11.3 Å². The largest absolute Gasteiger partial charge is 0.461 e. The van der Waals surface area contributed by atoms with Crippen molar-refractivity contribution in [1.82, 2.24) is 9.55 Å². The van der Waals surface area contributed by atoms with Gasteiger partial charge in [-0.2, -0.15) is 0 Å². The molecule has 0 aliphatic rings. The van der Waals surface area contributed by atoms with E-state index in [0.29, 0.717) is 34.9 Å². The molecule has 2 heterocycles. The fourth-order valence-electron chi connectivity index (χ4n) is 2.67. The Morgan fingerprint density at radius 2 is 2.12 bits per heavy atom. The zero-order valence-corrected chi connectivity index (χ0v) is 14.1. The number of rotatable bonds is 6. The molecular formula is C18H21N3O3. The van der Waals surface area contributed by atoms with Crippen LogP contribution in [0.4, 0.5) is 5.82 Å². The molecule has 0 fully saturated rings. The summed E-state index contributed by atoms with van der Waals surface area (Å²) in [6.07, 6.45) is 3.28. The summed E-state index contributed by atoms with van der Waals surface area (Å²) < 4.78 is 6.87. The number of esters is 1. The van der Waals surface area contributed by atoms with Crippen LogP contribution in [0.5, 0.6) is 0 Å². The summed E-state index contributed by atoms with van der Waals surface area (Å²) in [5.41, 5.74) is 2.09. The lowest BCUT2D eigenvalue weighted by Crippen LogP contribution is -2.15. The molecule has 0 aromatic carbocycles. The third kappa shape index (κ3) is 3.37. The van der Waals surface area contributed by atoms with Gasteiger partial charge in [0.25, 0.3) is 5.91 Å². The van der Waals surface area contributed by atoms with E-state index < -0.39 is 5.97 Å². The molecule has 0 bridgehead atoms. The van der Waals surface area contributed by atoms with E-state index >= 15 is 0 Å². The first-order chi connectivity index (χ1) is 11.5. The molecule has 0 saturated heterocycles. The van der Waals surface area contributed by atoms with E-state index in [1.165, 1.54) is 0 Å². The monoisotopic (exact) mass is 327 g/mol. The molecule has 1 N–H and O–H groups in total. The molecule has 0 aliphatic carbocycles. The van der Waals surface area contributed by atoms with Crippen LogP contribution in [-0.4, -0.2) is 28.0 Å². The topological polar surface area (TPSA) is 73.2 Å². The highest BCUT2D eigenvalue weighted by Crippen LogP contribution is 2.24. The van der Waals surface area contributed by atoms with Crippen LogP contribution in [0, 0.1) is 13.8 Å². The van der Waals surface area contributed by atoms with Crippen molar-refractivity contribution in [3.63, 3.8) is 0 Å². The average Bonchev–Trinajstić information content (AvgIpc) is 2.79. The molecule has 0 unspecified atom stereocenters. The van der Waals surface area contributed by atoms with Crippen molar-refractivity contribution in [3.05, 3.63) is 59.6 Å². The Hall–Kier alpha value is -2.89. The number of pyridine rings is 1. The minimum absolute atomic E-state index is 0.270. The van der Waals surface area contributed by atoms with Gasteiger partial charge in [-0.25, -0.2) is 9.78 Å².